The Morgan fingerprint density at radius 1 is 0.917 bits per heavy atom. The minimum absolute atomic E-state index is 0. The van der Waals surface area contributed by atoms with Crippen LogP contribution >= 0.6 is 0 Å². The van der Waals surface area contributed by atoms with Crippen LogP contribution in [-0.2, 0) is 14.3 Å². The normalized spacial score (nSPS) is 16.6. The second-order valence-corrected chi connectivity index (χ2v) is 6.73. The maximum absolute atomic E-state index is 11.7. The molecule has 0 unspecified atom stereocenters. The molecule has 1 heterocycles. The van der Waals surface area contributed by atoms with Crippen LogP contribution < -0.4 is 5.32 Å². The monoisotopic (exact) mass is 348 g/mol. The van der Waals surface area contributed by atoms with Gasteiger partial charge in [0.05, 0.1) is 0 Å². The minimum atomic E-state index is -0.393. The fraction of sp³-hybridized carbons (Fsp3) is 0.895. The molecule has 1 saturated heterocycles. The molecule has 0 bridgehead atoms. The van der Waals surface area contributed by atoms with Crippen LogP contribution in [0.4, 0.5) is 0 Å². The van der Waals surface area contributed by atoms with Gasteiger partial charge in [0, 0.05) is 36.0 Å². The maximum atomic E-state index is 11.7. The summed E-state index contributed by atoms with van der Waals surface area (Å²) in [6.45, 7) is 3.09. The van der Waals surface area contributed by atoms with E-state index in [0.717, 1.165) is 32.2 Å². The Hall–Kier alpha value is 0.1000. The number of esters is 2. The molecular formula is C19H35NNaO3. The van der Waals surface area contributed by atoms with Crippen LogP contribution in [0, 0.1) is 0 Å². The molecular weight excluding hydrogens is 313 g/mol. The number of nitrogens with one attached hydrogen (secondary N) is 1. The largest absolute Gasteiger partial charge is 0.392 e. The summed E-state index contributed by atoms with van der Waals surface area (Å²) in [7, 11) is 0. The fourth-order valence-corrected chi connectivity index (χ4v) is 3.05. The van der Waals surface area contributed by atoms with Gasteiger partial charge in [-0.3, -0.25) is 4.79 Å². The Morgan fingerprint density at radius 3 is 1.96 bits per heavy atom. The smallest absolute Gasteiger partial charge is 0.330 e. The van der Waals surface area contributed by atoms with E-state index in [-0.39, 0.29) is 41.6 Å². The molecule has 5 heteroatoms. The van der Waals surface area contributed by atoms with Gasteiger partial charge in [0.25, 0.3) is 0 Å². The number of carbonyl (C=O) groups excluding carboxylic acids is 2. The predicted octanol–water partition coefficient (Wildman–Crippen LogP) is 4.13. The van der Waals surface area contributed by atoms with E-state index in [1.54, 1.807) is 0 Å². The van der Waals surface area contributed by atoms with Gasteiger partial charge < -0.3 is 10.1 Å². The summed E-state index contributed by atoms with van der Waals surface area (Å²) in [5.74, 6) is -0.754. The second kappa shape index (κ2) is 16.6. The molecule has 1 fully saturated rings. The number of unbranched alkanes of at least 4 members (excludes halogenated alkanes) is 10. The van der Waals surface area contributed by atoms with E-state index in [9.17, 15) is 9.59 Å². The quantitative estimate of drug-likeness (QED) is 0.235. The first-order valence-electron chi connectivity index (χ1n) is 9.72. The molecule has 0 aromatic heterocycles. The standard InChI is InChI=1S/C19H35NO3.Na/c1-2-3-4-5-6-7-8-9-10-11-12-15-18(21)23-19(22)17-14-13-16-20-17;/h17,20H,2-16H2,1H3;/t17-;/m0./s1. The number of hydrogen-bond acceptors (Lipinski definition) is 4. The van der Waals surface area contributed by atoms with Crippen molar-refractivity contribution >= 4 is 41.5 Å². The summed E-state index contributed by atoms with van der Waals surface area (Å²) in [6.07, 6.45) is 15.9. The van der Waals surface area contributed by atoms with Gasteiger partial charge in [-0.2, -0.15) is 0 Å². The van der Waals surface area contributed by atoms with Crippen LogP contribution in [0.3, 0.4) is 0 Å². The van der Waals surface area contributed by atoms with Crippen LogP contribution in [0.15, 0.2) is 0 Å². The second-order valence-electron chi connectivity index (χ2n) is 6.73. The molecule has 4 nitrogen and oxygen atoms in total. The number of rotatable bonds is 13. The van der Waals surface area contributed by atoms with Gasteiger partial charge in [-0.1, -0.05) is 71.1 Å². The van der Waals surface area contributed by atoms with Crippen LogP contribution in [-0.4, -0.2) is 54.1 Å². The third kappa shape index (κ3) is 12.5. The average Bonchev–Trinajstić information content (AvgIpc) is 3.07. The van der Waals surface area contributed by atoms with Gasteiger partial charge in [-0.25, -0.2) is 4.79 Å². The summed E-state index contributed by atoms with van der Waals surface area (Å²) in [5, 5.41) is 3.05. The first kappa shape index (κ1) is 24.1. The molecule has 0 aromatic rings. The van der Waals surface area contributed by atoms with E-state index >= 15 is 0 Å². The fourth-order valence-electron chi connectivity index (χ4n) is 3.05. The Labute approximate surface area is 170 Å². The molecule has 0 saturated carbocycles. The Bertz CT molecular complexity index is 331. The van der Waals surface area contributed by atoms with Gasteiger partial charge in [0.2, 0.25) is 0 Å². The summed E-state index contributed by atoms with van der Waals surface area (Å²) in [6, 6.07) is -0.267. The molecule has 0 aliphatic carbocycles. The van der Waals surface area contributed by atoms with Gasteiger partial charge in [0.15, 0.2) is 0 Å². The molecule has 24 heavy (non-hydrogen) atoms. The van der Waals surface area contributed by atoms with Gasteiger partial charge in [-0.15, -0.1) is 0 Å². The molecule has 135 valence electrons. The van der Waals surface area contributed by atoms with Crippen LogP contribution in [0.25, 0.3) is 0 Å². The first-order chi connectivity index (χ1) is 11.2. The van der Waals surface area contributed by atoms with Crippen molar-refractivity contribution in [2.24, 2.45) is 0 Å². The number of hydrogen-bond donors (Lipinski definition) is 1. The van der Waals surface area contributed by atoms with Crippen LogP contribution in [0.5, 0.6) is 0 Å². The zero-order valence-corrected chi connectivity index (χ0v) is 17.9. The SMILES string of the molecule is CCCCCCCCCCCCCC(=O)OC(=O)[C@@H]1CCCN1.[Na]. The number of carbonyl (C=O) groups is 2. The van der Waals surface area contributed by atoms with Crippen molar-refractivity contribution in [3.05, 3.63) is 0 Å². The Kier molecular flexibility index (Phi) is 16.6. The van der Waals surface area contributed by atoms with Crippen molar-refractivity contribution < 1.29 is 14.3 Å². The van der Waals surface area contributed by atoms with E-state index in [1.165, 1.54) is 57.8 Å². The molecule has 1 radical (unpaired) electrons. The van der Waals surface area contributed by atoms with Crippen molar-refractivity contribution in [2.75, 3.05) is 6.54 Å². The molecule has 1 aliphatic heterocycles. The van der Waals surface area contributed by atoms with E-state index < -0.39 is 5.97 Å². The van der Waals surface area contributed by atoms with Gasteiger partial charge >= 0.3 is 11.9 Å². The summed E-state index contributed by atoms with van der Waals surface area (Å²) in [4.78, 5) is 23.3. The molecule has 1 N–H and O–H groups in total. The third-order valence-electron chi connectivity index (χ3n) is 4.54. The van der Waals surface area contributed by atoms with Crippen LogP contribution in [0.1, 0.15) is 96.8 Å². The molecule has 1 atom stereocenters. The van der Waals surface area contributed by atoms with Gasteiger partial charge in [0.1, 0.15) is 6.04 Å². The van der Waals surface area contributed by atoms with Crippen molar-refractivity contribution in [1.29, 1.82) is 0 Å². The van der Waals surface area contributed by atoms with E-state index in [2.05, 4.69) is 12.2 Å². The molecule has 0 spiro atoms. The Morgan fingerprint density at radius 2 is 1.46 bits per heavy atom. The Balaban J connectivity index is 0.00000529. The molecule has 0 amide bonds. The van der Waals surface area contributed by atoms with E-state index in [0.29, 0.717) is 6.42 Å². The average molecular weight is 348 g/mol. The van der Waals surface area contributed by atoms with Crippen LogP contribution in [0.2, 0.25) is 0 Å². The molecule has 1 aliphatic rings. The summed E-state index contributed by atoms with van der Waals surface area (Å²) < 4.78 is 4.89. The van der Waals surface area contributed by atoms with E-state index in [1.807, 2.05) is 0 Å². The maximum Gasteiger partial charge on any atom is 0.330 e. The topological polar surface area (TPSA) is 55.4 Å². The zero-order chi connectivity index (χ0) is 16.8. The number of ether oxygens (including phenoxy) is 1. The zero-order valence-electron chi connectivity index (χ0n) is 15.9. The van der Waals surface area contributed by atoms with Crippen molar-refractivity contribution in [2.45, 2.75) is 103 Å². The van der Waals surface area contributed by atoms with Gasteiger partial charge in [-0.05, 0) is 25.8 Å². The molecule has 0 aromatic carbocycles. The van der Waals surface area contributed by atoms with Crippen molar-refractivity contribution in [3.63, 3.8) is 0 Å². The third-order valence-corrected chi connectivity index (χ3v) is 4.54. The van der Waals surface area contributed by atoms with Crippen molar-refractivity contribution in [1.82, 2.24) is 5.32 Å². The predicted molar refractivity (Wildman–Crippen MR) is 99.0 cm³/mol. The summed E-state index contributed by atoms with van der Waals surface area (Å²) in [5.41, 5.74) is 0. The first-order valence-corrected chi connectivity index (χ1v) is 9.72. The van der Waals surface area contributed by atoms with Crippen molar-refractivity contribution in [3.8, 4) is 0 Å². The molecule has 1 rings (SSSR count). The minimum Gasteiger partial charge on any atom is -0.392 e. The van der Waals surface area contributed by atoms with E-state index in [4.69, 9.17) is 4.74 Å². The summed E-state index contributed by atoms with van der Waals surface area (Å²) >= 11 is 0.